The van der Waals surface area contributed by atoms with E-state index in [0.29, 0.717) is 0 Å². The number of allylic oxidation sites excluding steroid dienone is 2. The van der Waals surface area contributed by atoms with Crippen LogP contribution in [0.5, 0.6) is 0 Å². The van der Waals surface area contributed by atoms with Gasteiger partial charge in [-0.1, -0.05) is 29.8 Å². The topological polar surface area (TPSA) is 0 Å². The first kappa shape index (κ1) is 10.8. The van der Waals surface area contributed by atoms with Crippen LogP contribution in [0.3, 0.4) is 0 Å². The Kier molecular flexibility index (Phi) is 3.16. The van der Waals surface area contributed by atoms with Crippen LogP contribution in [0.25, 0.3) is 5.57 Å². The van der Waals surface area contributed by atoms with Crippen LogP contribution in [0.15, 0.2) is 24.3 Å². The molecule has 0 amide bonds. The Morgan fingerprint density at radius 2 is 2.07 bits per heavy atom. The predicted molar refractivity (Wildman–Crippen MR) is 67.4 cm³/mol. The highest BCUT2D eigenvalue weighted by Gasteiger charge is 2.13. The van der Waals surface area contributed by atoms with Crippen molar-refractivity contribution in [1.29, 1.82) is 0 Å². The van der Waals surface area contributed by atoms with Gasteiger partial charge in [0, 0.05) is 0 Å². The van der Waals surface area contributed by atoms with Crippen LogP contribution in [0.1, 0.15) is 36.0 Å². The van der Waals surface area contributed by atoms with E-state index in [-0.39, 0.29) is 5.38 Å². The molecule has 0 saturated carbocycles. The predicted octanol–water partition coefficient (Wildman–Crippen LogP) is 4.48. The van der Waals surface area contributed by atoms with Crippen molar-refractivity contribution in [2.45, 2.75) is 38.5 Å². The largest absolute Gasteiger partial charge is 0.118 e. The first-order valence-corrected chi connectivity index (χ1v) is 6.03. The Balaban J connectivity index is 2.40. The quantitative estimate of drug-likeness (QED) is 0.613. The highest BCUT2D eigenvalue weighted by molar-refractivity contribution is 6.22. The second-order valence-electron chi connectivity index (χ2n) is 4.42. The molecule has 1 unspecified atom stereocenters. The number of rotatable bonds is 1. The van der Waals surface area contributed by atoms with Crippen molar-refractivity contribution in [3.8, 4) is 0 Å². The fourth-order valence-electron chi connectivity index (χ4n) is 2.18. The molecule has 0 aliphatic heterocycles. The molecule has 80 valence electrons. The minimum atomic E-state index is 0.230. The van der Waals surface area contributed by atoms with E-state index in [1.165, 1.54) is 35.1 Å². The van der Waals surface area contributed by atoms with Crippen molar-refractivity contribution in [3.63, 3.8) is 0 Å². The fourth-order valence-corrected chi connectivity index (χ4v) is 2.49. The average molecular weight is 221 g/mol. The molecule has 15 heavy (non-hydrogen) atoms. The van der Waals surface area contributed by atoms with Gasteiger partial charge in [0.05, 0.1) is 5.38 Å². The lowest BCUT2D eigenvalue weighted by Crippen LogP contribution is -2.03. The molecular weight excluding hydrogens is 204 g/mol. The maximum atomic E-state index is 6.18. The summed E-state index contributed by atoms with van der Waals surface area (Å²) < 4.78 is 0. The maximum absolute atomic E-state index is 6.18. The van der Waals surface area contributed by atoms with Crippen LogP contribution in [-0.2, 0) is 0 Å². The molecule has 1 aliphatic carbocycles. The zero-order chi connectivity index (χ0) is 10.8. The second kappa shape index (κ2) is 4.40. The molecule has 0 spiro atoms. The number of aryl methyl sites for hydroxylation is 2. The normalized spacial score (nSPS) is 21.3. The molecule has 0 aromatic heterocycles. The van der Waals surface area contributed by atoms with Crippen LogP contribution in [0.2, 0.25) is 0 Å². The van der Waals surface area contributed by atoms with E-state index >= 15 is 0 Å². The van der Waals surface area contributed by atoms with E-state index in [1.807, 2.05) is 0 Å². The molecule has 1 aromatic carbocycles. The standard InChI is InChI=1S/C14H17Cl/c1-10-6-7-11(2)14(8-10)12-4-3-5-13(15)9-12/h6-9,13H,3-5H2,1-2H3. The van der Waals surface area contributed by atoms with Crippen molar-refractivity contribution in [1.82, 2.24) is 0 Å². The molecule has 2 rings (SSSR count). The molecule has 1 heteroatoms. The minimum absolute atomic E-state index is 0.230. The van der Waals surface area contributed by atoms with E-state index in [2.05, 4.69) is 38.1 Å². The molecule has 0 N–H and O–H groups in total. The average Bonchev–Trinajstić information content (AvgIpc) is 2.22. The number of halogens is 1. The first-order chi connectivity index (χ1) is 7.16. The number of alkyl halides is 1. The molecule has 0 heterocycles. The highest BCUT2D eigenvalue weighted by atomic mass is 35.5. The lowest BCUT2D eigenvalue weighted by Gasteiger charge is -2.18. The Hall–Kier alpha value is -0.750. The third kappa shape index (κ3) is 2.43. The van der Waals surface area contributed by atoms with Crippen molar-refractivity contribution in [3.05, 3.63) is 41.0 Å². The van der Waals surface area contributed by atoms with Crippen LogP contribution < -0.4 is 0 Å². The van der Waals surface area contributed by atoms with Gasteiger partial charge < -0.3 is 0 Å². The SMILES string of the molecule is Cc1ccc(C)c(C2=CC(Cl)CCC2)c1. The Labute approximate surface area is 97.0 Å². The van der Waals surface area contributed by atoms with Gasteiger partial charge in [-0.3, -0.25) is 0 Å². The Morgan fingerprint density at radius 3 is 2.80 bits per heavy atom. The molecule has 0 fully saturated rings. The Bertz CT molecular complexity index is 390. The minimum Gasteiger partial charge on any atom is -0.118 e. The van der Waals surface area contributed by atoms with Gasteiger partial charge in [0.15, 0.2) is 0 Å². The summed E-state index contributed by atoms with van der Waals surface area (Å²) in [5, 5.41) is 0.230. The summed E-state index contributed by atoms with van der Waals surface area (Å²) in [7, 11) is 0. The van der Waals surface area contributed by atoms with Crippen LogP contribution in [0, 0.1) is 13.8 Å². The molecule has 1 atom stereocenters. The lowest BCUT2D eigenvalue weighted by atomic mass is 9.90. The molecule has 1 aromatic rings. The van der Waals surface area contributed by atoms with Gasteiger partial charge in [0.25, 0.3) is 0 Å². The molecule has 0 radical (unpaired) electrons. The third-order valence-electron chi connectivity index (χ3n) is 3.05. The monoisotopic (exact) mass is 220 g/mol. The van der Waals surface area contributed by atoms with E-state index in [9.17, 15) is 0 Å². The van der Waals surface area contributed by atoms with Crippen molar-refractivity contribution >= 4 is 17.2 Å². The van der Waals surface area contributed by atoms with Gasteiger partial charge in [-0.05, 0) is 49.8 Å². The van der Waals surface area contributed by atoms with Gasteiger partial charge in [-0.15, -0.1) is 11.6 Å². The summed E-state index contributed by atoms with van der Waals surface area (Å²) in [4.78, 5) is 0. The first-order valence-electron chi connectivity index (χ1n) is 5.59. The summed E-state index contributed by atoms with van der Waals surface area (Å²) in [6.07, 6.45) is 5.74. The van der Waals surface area contributed by atoms with E-state index in [0.717, 1.165) is 6.42 Å². The summed E-state index contributed by atoms with van der Waals surface area (Å²) in [5.74, 6) is 0. The van der Waals surface area contributed by atoms with E-state index in [4.69, 9.17) is 11.6 Å². The molecule has 0 saturated heterocycles. The Morgan fingerprint density at radius 1 is 1.27 bits per heavy atom. The van der Waals surface area contributed by atoms with Gasteiger partial charge >= 0.3 is 0 Å². The van der Waals surface area contributed by atoms with Crippen LogP contribution in [-0.4, -0.2) is 5.38 Å². The number of benzene rings is 1. The van der Waals surface area contributed by atoms with E-state index < -0.39 is 0 Å². The fraction of sp³-hybridized carbons (Fsp3) is 0.429. The molecule has 1 aliphatic rings. The van der Waals surface area contributed by atoms with Crippen LogP contribution >= 0.6 is 11.6 Å². The summed E-state index contributed by atoms with van der Waals surface area (Å²) in [5.41, 5.74) is 5.51. The van der Waals surface area contributed by atoms with Crippen molar-refractivity contribution in [2.24, 2.45) is 0 Å². The van der Waals surface area contributed by atoms with Gasteiger partial charge in [-0.2, -0.15) is 0 Å². The molecule has 0 bridgehead atoms. The zero-order valence-electron chi connectivity index (χ0n) is 9.39. The smallest absolute Gasteiger partial charge is 0.0522 e. The molecular formula is C14H17Cl. The maximum Gasteiger partial charge on any atom is 0.0522 e. The summed E-state index contributed by atoms with van der Waals surface area (Å²) in [6, 6.07) is 6.64. The van der Waals surface area contributed by atoms with Gasteiger partial charge in [0.1, 0.15) is 0 Å². The van der Waals surface area contributed by atoms with Gasteiger partial charge in [-0.25, -0.2) is 0 Å². The zero-order valence-corrected chi connectivity index (χ0v) is 10.1. The van der Waals surface area contributed by atoms with Crippen molar-refractivity contribution in [2.75, 3.05) is 0 Å². The third-order valence-corrected chi connectivity index (χ3v) is 3.39. The number of hydrogen-bond acceptors (Lipinski definition) is 0. The lowest BCUT2D eigenvalue weighted by molar-refractivity contribution is 0.747. The summed E-state index contributed by atoms with van der Waals surface area (Å²) in [6.45, 7) is 4.32. The molecule has 0 nitrogen and oxygen atoms in total. The van der Waals surface area contributed by atoms with Crippen LogP contribution in [0.4, 0.5) is 0 Å². The van der Waals surface area contributed by atoms with E-state index in [1.54, 1.807) is 0 Å². The van der Waals surface area contributed by atoms with Gasteiger partial charge in [0.2, 0.25) is 0 Å². The van der Waals surface area contributed by atoms with Crippen molar-refractivity contribution < 1.29 is 0 Å². The highest BCUT2D eigenvalue weighted by Crippen LogP contribution is 2.31. The number of hydrogen-bond donors (Lipinski definition) is 0. The second-order valence-corrected chi connectivity index (χ2v) is 4.98. The summed E-state index contributed by atoms with van der Waals surface area (Å²) >= 11 is 6.18.